The fourth-order valence-electron chi connectivity index (χ4n) is 1.34. The maximum atomic E-state index is 13.1. The number of hydrogen-bond acceptors (Lipinski definition) is 3. The molecule has 98 valence electrons. The molecule has 0 aliphatic carbocycles. The molecule has 0 radical (unpaired) electrons. The Kier molecular flexibility index (Phi) is 5.10. The van der Waals surface area contributed by atoms with Crippen molar-refractivity contribution in [2.75, 3.05) is 13.7 Å². The predicted molar refractivity (Wildman–Crippen MR) is 62.2 cm³/mol. The van der Waals surface area contributed by atoms with Crippen LogP contribution >= 0.6 is 0 Å². The van der Waals surface area contributed by atoms with Gasteiger partial charge in [-0.1, -0.05) is 0 Å². The van der Waals surface area contributed by atoms with Crippen LogP contribution in [0.2, 0.25) is 0 Å². The lowest BCUT2D eigenvalue weighted by molar-refractivity contribution is -0.137. The fraction of sp³-hybridized carbons (Fsp3) is 0.333. The monoisotopic (exact) mass is 255 g/mol. The van der Waals surface area contributed by atoms with E-state index in [9.17, 15) is 14.0 Å². The molecular weight excluding hydrogens is 241 g/mol. The number of halogens is 1. The second-order valence-corrected chi connectivity index (χ2v) is 3.60. The zero-order valence-corrected chi connectivity index (χ0v) is 9.90. The van der Waals surface area contributed by atoms with Crippen LogP contribution in [-0.4, -0.2) is 30.6 Å². The molecule has 18 heavy (non-hydrogen) atoms. The van der Waals surface area contributed by atoms with Gasteiger partial charge in [-0.3, -0.25) is 9.59 Å². The summed E-state index contributed by atoms with van der Waals surface area (Å²) < 4.78 is 17.9. The van der Waals surface area contributed by atoms with Gasteiger partial charge < -0.3 is 15.2 Å². The molecule has 0 atom stereocenters. The second-order valence-electron chi connectivity index (χ2n) is 3.60. The van der Waals surface area contributed by atoms with Gasteiger partial charge in [-0.05, 0) is 24.6 Å². The average Bonchev–Trinajstić information content (AvgIpc) is 2.34. The van der Waals surface area contributed by atoms with Crippen LogP contribution in [0.25, 0.3) is 0 Å². The Balaban J connectivity index is 2.53. The molecule has 1 rings (SSSR count). The van der Waals surface area contributed by atoms with E-state index in [0.29, 0.717) is 6.42 Å². The normalized spacial score (nSPS) is 9.89. The van der Waals surface area contributed by atoms with E-state index in [1.54, 1.807) is 0 Å². The largest absolute Gasteiger partial charge is 0.494 e. The summed E-state index contributed by atoms with van der Waals surface area (Å²) >= 11 is 0. The highest BCUT2D eigenvalue weighted by atomic mass is 19.1. The Bertz CT molecular complexity index is 448. The van der Waals surface area contributed by atoms with Gasteiger partial charge in [0, 0.05) is 18.5 Å². The van der Waals surface area contributed by atoms with Gasteiger partial charge in [0.25, 0.3) is 5.91 Å². The van der Waals surface area contributed by atoms with E-state index < -0.39 is 17.7 Å². The zero-order valence-electron chi connectivity index (χ0n) is 9.90. The van der Waals surface area contributed by atoms with Crippen LogP contribution in [0.15, 0.2) is 18.2 Å². The summed E-state index contributed by atoms with van der Waals surface area (Å²) in [5, 5.41) is 11.0. The van der Waals surface area contributed by atoms with E-state index in [1.165, 1.54) is 19.2 Å². The Labute approximate surface area is 104 Å². The van der Waals surface area contributed by atoms with Gasteiger partial charge in [0.2, 0.25) is 0 Å². The lowest BCUT2D eigenvalue weighted by atomic mass is 10.2. The molecule has 0 saturated heterocycles. The van der Waals surface area contributed by atoms with Crippen molar-refractivity contribution in [3.63, 3.8) is 0 Å². The minimum absolute atomic E-state index is 0.00631. The molecule has 0 aromatic heterocycles. The highest BCUT2D eigenvalue weighted by Gasteiger charge is 2.09. The fourth-order valence-corrected chi connectivity index (χ4v) is 1.34. The standard InChI is InChI=1S/C12H14FNO4/c1-18-10-7-8(4-5-9(10)13)12(17)14-6-2-3-11(15)16/h4-5,7H,2-3,6H2,1H3,(H,14,17)(H,15,16). The van der Waals surface area contributed by atoms with Crippen LogP contribution in [0, 0.1) is 5.82 Å². The molecule has 0 heterocycles. The van der Waals surface area contributed by atoms with Crippen LogP contribution in [0.3, 0.4) is 0 Å². The number of ether oxygens (including phenoxy) is 1. The molecule has 1 aromatic carbocycles. The van der Waals surface area contributed by atoms with Crippen LogP contribution < -0.4 is 10.1 Å². The Morgan fingerprint density at radius 1 is 1.44 bits per heavy atom. The number of carbonyl (C=O) groups is 2. The van der Waals surface area contributed by atoms with Crippen LogP contribution in [0.1, 0.15) is 23.2 Å². The molecule has 0 aliphatic rings. The van der Waals surface area contributed by atoms with E-state index in [0.717, 1.165) is 6.07 Å². The molecule has 0 unspecified atom stereocenters. The van der Waals surface area contributed by atoms with E-state index in [1.807, 2.05) is 0 Å². The Hall–Kier alpha value is -2.11. The van der Waals surface area contributed by atoms with E-state index >= 15 is 0 Å². The number of hydrogen-bond donors (Lipinski definition) is 2. The number of rotatable bonds is 6. The number of carboxylic acid groups (broad SMARTS) is 1. The van der Waals surface area contributed by atoms with Crippen molar-refractivity contribution in [2.45, 2.75) is 12.8 Å². The average molecular weight is 255 g/mol. The summed E-state index contributed by atoms with van der Waals surface area (Å²) in [5.74, 6) is -1.85. The molecule has 5 nitrogen and oxygen atoms in total. The molecule has 2 N–H and O–H groups in total. The number of carbonyl (C=O) groups excluding carboxylic acids is 1. The lowest BCUT2D eigenvalue weighted by Gasteiger charge is -2.06. The van der Waals surface area contributed by atoms with E-state index in [4.69, 9.17) is 9.84 Å². The summed E-state index contributed by atoms with van der Waals surface area (Å²) in [6.07, 6.45) is 0.340. The van der Waals surface area contributed by atoms with Crippen molar-refractivity contribution < 1.29 is 23.8 Å². The number of nitrogens with one attached hydrogen (secondary N) is 1. The number of aliphatic carboxylic acids is 1. The molecule has 0 fully saturated rings. The summed E-state index contributed by atoms with van der Waals surface area (Å²) in [4.78, 5) is 21.9. The van der Waals surface area contributed by atoms with Gasteiger partial charge in [-0.15, -0.1) is 0 Å². The maximum Gasteiger partial charge on any atom is 0.303 e. The lowest BCUT2D eigenvalue weighted by Crippen LogP contribution is -2.24. The van der Waals surface area contributed by atoms with Crippen molar-refractivity contribution >= 4 is 11.9 Å². The summed E-state index contributed by atoms with van der Waals surface area (Å²) in [6.45, 7) is 0.255. The van der Waals surface area contributed by atoms with Gasteiger partial charge in [-0.2, -0.15) is 0 Å². The highest BCUT2D eigenvalue weighted by Crippen LogP contribution is 2.17. The third-order valence-corrected chi connectivity index (χ3v) is 2.27. The first-order chi connectivity index (χ1) is 8.54. The van der Waals surface area contributed by atoms with Gasteiger partial charge in [0.1, 0.15) is 0 Å². The van der Waals surface area contributed by atoms with Crippen molar-refractivity contribution in [3.8, 4) is 5.75 Å². The smallest absolute Gasteiger partial charge is 0.303 e. The molecule has 0 saturated carbocycles. The molecule has 0 aliphatic heterocycles. The molecule has 1 aromatic rings. The minimum atomic E-state index is -0.910. The van der Waals surface area contributed by atoms with Crippen molar-refractivity contribution in [1.29, 1.82) is 0 Å². The number of amides is 1. The minimum Gasteiger partial charge on any atom is -0.494 e. The van der Waals surface area contributed by atoms with Crippen LogP contribution in [0.4, 0.5) is 4.39 Å². The first-order valence-electron chi connectivity index (χ1n) is 5.38. The molecule has 1 amide bonds. The first kappa shape index (κ1) is 14.0. The quantitative estimate of drug-likeness (QED) is 0.754. The molecular formula is C12H14FNO4. The van der Waals surface area contributed by atoms with Gasteiger partial charge in [0.15, 0.2) is 11.6 Å². The summed E-state index contributed by atoms with van der Waals surface area (Å²) in [5.41, 5.74) is 0.267. The van der Waals surface area contributed by atoms with Crippen molar-refractivity contribution in [2.24, 2.45) is 0 Å². The third kappa shape index (κ3) is 4.04. The zero-order chi connectivity index (χ0) is 13.5. The topological polar surface area (TPSA) is 75.6 Å². The number of benzene rings is 1. The highest BCUT2D eigenvalue weighted by molar-refractivity contribution is 5.94. The first-order valence-corrected chi connectivity index (χ1v) is 5.38. The molecule has 6 heteroatoms. The number of methoxy groups -OCH3 is 1. The van der Waals surface area contributed by atoms with Gasteiger partial charge in [-0.25, -0.2) is 4.39 Å². The molecule has 0 bridgehead atoms. The van der Waals surface area contributed by atoms with Crippen molar-refractivity contribution in [1.82, 2.24) is 5.32 Å². The number of carboxylic acids is 1. The maximum absolute atomic E-state index is 13.1. The predicted octanol–water partition coefficient (Wildman–Crippen LogP) is 1.43. The Morgan fingerprint density at radius 2 is 2.17 bits per heavy atom. The van der Waals surface area contributed by atoms with E-state index in [-0.39, 0.29) is 24.3 Å². The summed E-state index contributed by atoms with van der Waals surface area (Å²) in [6, 6.07) is 3.78. The van der Waals surface area contributed by atoms with Crippen molar-refractivity contribution in [3.05, 3.63) is 29.6 Å². The van der Waals surface area contributed by atoms with Crippen LogP contribution in [-0.2, 0) is 4.79 Å². The van der Waals surface area contributed by atoms with Crippen LogP contribution in [0.5, 0.6) is 5.75 Å². The van der Waals surface area contributed by atoms with Gasteiger partial charge in [0.05, 0.1) is 7.11 Å². The Morgan fingerprint density at radius 3 is 2.78 bits per heavy atom. The summed E-state index contributed by atoms with van der Waals surface area (Å²) in [7, 11) is 1.31. The van der Waals surface area contributed by atoms with E-state index in [2.05, 4.69) is 5.32 Å². The SMILES string of the molecule is COc1cc(C(=O)NCCCC(=O)O)ccc1F. The van der Waals surface area contributed by atoms with Gasteiger partial charge >= 0.3 is 5.97 Å². The third-order valence-electron chi connectivity index (χ3n) is 2.27. The molecule has 0 spiro atoms. The second kappa shape index (κ2) is 6.58.